The lowest BCUT2D eigenvalue weighted by molar-refractivity contribution is 0.0696. The molecular weight excluding hydrogens is 372 g/mol. The molecule has 2 N–H and O–H groups in total. The minimum absolute atomic E-state index is 0.0397. The van der Waals surface area contributed by atoms with Crippen LogP contribution in [-0.2, 0) is 10.0 Å². The lowest BCUT2D eigenvalue weighted by Gasteiger charge is -2.10. The Morgan fingerprint density at radius 1 is 1.12 bits per heavy atom. The summed E-state index contributed by atoms with van der Waals surface area (Å²) in [6.07, 6.45) is 0. The Labute approximate surface area is 155 Å². The van der Waals surface area contributed by atoms with E-state index >= 15 is 0 Å². The third kappa shape index (κ3) is 3.76. The highest BCUT2D eigenvalue weighted by atomic mass is 32.2. The molecule has 1 heterocycles. The number of nitrogens with zero attached hydrogens (tertiary/aromatic N) is 1. The third-order valence-corrected chi connectivity index (χ3v) is 5.95. The molecule has 1 aromatic heterocycles. The average molecular weight is 388 g/mol. The van der Waals surface area contributed by atoms with Gasteiger partial charge in [0.2, 0.25) is 0 Å². The van der Waals surface area contributed by atoms with E-state index in [0.717, 1.165) is 22.3 Å². The maximum atomic E-state index is 12.5. The molecule has 8 heteroatoms. The molecule has 0 spiro atoms. The maximum Gasteiger partial charge on any atom is 0.335 e. The van der Waals surface area contributed by atoms with Gasteiger partial charge in [-0.1, -0.05) is 18.2 Å². The highest BCUT2D eigenvalue weighted by molar-refractivity contribution is 7.92. The lowest BCUT2D eigenvalue weighted by atomic mass is 10.1. The Balaban J connectivity index is 1.86. The first-order valence-corrected chi connectivity index (χ1v) is 10.0. The van der Waals surface area contributed by atoms with Crippen LogP contribution in [-0.4, -0.2) is 24.5 Å². The van der Waals surface area contributed by atoms with Gasteiger partial charge in [-0.15, -0.1) is 11.3 Å². The highest BCUT2D eigenvalue weighted by Gasteiger charge is 2.18. The van der Waals surface area contributed by atoms with Crippen LogP contribution in [0.2, 0.25) is 0 Å². The van der Waals surface area contributed by atoms with Crippen molar-refractivity contribution in [3.63, 3.8) is 0 Å². The normalized spacial score (nSPS) is 11.3. The minimum atomic E-state index is -3.89. The van der Waals surface area contributed by atoms with Crippen molar-refractivity contribution in [3.05, 3.63) is 64.0 Å². The number of carbonyl (C=O) groups is 1. The van der Waals surface area contributed by atoms with Gasteiger partial charge in [-0.05, 0) is 43.7 Å². The SMILES string of the molecule is Cc1nc(-c2ccc(NS(=O)(=O)c3ccc(C)c(C(=O)O)c3)cc2)cs1. The van der Waals surface area contributed by atoms with Crippen LogP contribution in [0.3, 0.4) is 0 Å². The molecule has 6 nitrogen and oxygen atoms in total. The van der Waals surface area contributed by atoms with Crippen molar-refractivity contribution in [2.24, 2.45) is 0 Å². The van der Waals surface area contributed by atoms with Crippen molar-refractivity contribution < 1.29 is 18.3 Å². The van der Waals surface area contributed by atoms with Crippen LogP contribution in [0.4, 0.5) is 5.69 Å². The van der Waals surface area contributed by atoms with Gasteiger partial charge in [0.1, 0.15) is 0 Å². The fourth-order valence-electron chi connectivity index (χ4n) is 2.42. The topological polar surface area (TPSA) is 96.4 Å². The number of hydrogen-bond donors (Lipinski definition) is 2. The number of sulfonamides is 1. The van der Waals surface area contributed by atoms with Crippen molar-refractivity contribution in [2.45, 2.75) is 18.7 Å². The maximum absolute atomic E-state index is 12.5. The van der Waals surface area contributed by atoms with Crippen LogP contribution in [0.5, 0.6) is 0 Å². The van der Waals surface area contributed by atoms with Gasteiger partial charge in [0, 0.05) is 16.6 Å². The second kappa shape index (κ2) is 6.89. The molecule has 0 aliphatic carbocycles. The molecule has 3 rings (SSSR count). The quantitative estimate of drug-likeness (QED) is 0.690. The number of carboxylic acid groups (broad SMARTS) is 1. The first kappa shape index (κ1) is 18.1. The molecule has 0 fully saturated rings. The summed E-state index contributed by atoms with van der Waals surface area (Å²) >= 11 is 1.54. The van der Waals surface area contributed by atoms with E-state index in [-0.39, 0.29) is 10.5 Å². The molecule has 0 saturated carbocycles. The standard InChI is InChI=1S/C18H16N2O4S2/c1-11-3-8-15(9-16(11)18(21)22)26(23,24)20-14-6-4-13(5-7-14)17-10-25-12(2)19-17/h3-10,20H,1-2H3,(H,21,22). The molecule has 0 saturated heterocycles. The summed E-state index contributed by atoms with van der Waals surface area (Å²) in [5, 5.41) is 12.1. The summed E-state index contributed by atoms with van der Waals surface area (Å²) in [6, 6.07) is 10.9. The van der Waals surface area contributed by atoms with Gasteiger partial charge in [0.05, 0.1) is 21.2 Å². The van der Waals surface area contributed by atoms with Crippen LogP contribution in [0, 0.1) is 13.8 Å². The number of aromatic carboxylic acids is 1. The molecule has 26 heavy (non-hydrogen) atoms. The number of thiazole rings is 1. The number of hydrogen-bond acceptors (Lipinski definition) is 5. The zero-order valence-electron chi connectivity index (χ0n) is 14.1. The molecule has 2 aromatic carbocycles. The Bertz CT molecular complexity index is 1070. The van der Waals surface area contributed by atoms with Crippen LogP contribution in [0.15, 0.2) is 52.7 Å². The van der Waals surface area contributed by atoms with E-state index in [1.54, 1.807) is 42.5 Å². The van der Waals surface area contributed by atoms with Crippen molar-refractivity contribution >= 4 is 33.0 Å². The van der Waals surface area contributed by atoms with E-state index in [1.165, 1.54) is 12.1 Å². The number of nitrogens with one attached hydrogen (secondary N) is 1. The first-order valence-electron chi connectivity index (χ1n) is 7.65. The van der Waals surface area contributed by atoms with Crippen molar-refractivity contribution in [1.29, 1.82) is 0 Å². The van der Waals surface area contributed by atoms with Crippen molar-refractivity contribution in [1.82, 2.24) is 4.98 Å². The zero-order valence-corrected chi connectivity index (χ0v) is 15.7. The zero-order chi connectivity index (χ0) is 18.9. The Hall–Kier alpha value is -2.71. The summed E-state index contributed by atoms with van der Waals surface area (Å²) in [5.74, 6) is -1.16. The summed E-state index contributed by atoms with van der Waals surface area (Å²) in [6.45, 7) is 3.54. The van der Waals surface area contributed by atoms with E-state index in [2.05, 4.69) is 9.71 Å². The lowest BCUT2D eigenvalue weighted by Crippen LogP contribution is -2.14. The number of rotatable bonds is 5. The fourth-order valence-corrected chi connectivity index (χ4v) is 4.12. The number of carboxylic acids is 1. The molecule has 0 aliphatic heterocycles. The Morgan fingerprint density at radius 2 is 1.81 bits per heavy atom. The molecular formula is C18H16N2O4S2. The third-order valence-electron chi connectivity index (χ3n) is 3.80. The Morgan fingerprint density at radius 3 is 2.38 bits per heavy atom. The van der Waals surface area contributed by atoms with E-state index in [4.69, 9.17) is 5.11 Å². The second-order valence-corrected chi connectivity index (χ2v) is 8.46. The highest BCUT2D eigenvalue weighted by Crippen LogP contribution is 2.24. The van der Waals surface area contributed by atoms with Crippen LogP contribution >= 0.6 is 11.3 Å². The molecule has 0 unspecified atom stereocenters. The van der Waals surface area contributed by atoms with Gasteiger partial charge in [-0.25, -0.2) is 18.2 Å². The molecule has 0 aliphatic rings. The van der Waals surface area contributed by atoms with E-state index < -0.39 is 16.0 Å². The van der Waals surface area contributed by atoms with Gasteiger partial charge in [-0.3, -0.25) is 4.72 Å². The largest absolute Gasteiger partial charge is 0.478 e. The molecule has 0 atom stereocenters. The molecule has 0 amide bonds. The number of benzene rings is 2. The van der Waals surface area contributed by atoms with Crippen LogP contribution in [0.1, 0.15) is 20.9 Å². The predicted octanol–water partition coefficient (Wildman–Crippen LogP) is 3.93. The summed E-state index contributed by atoms with van der Waals surface area (Å²) in [7, 11) is -3.89. The molecule has 134 valence electrons. The smallest absolute Gasteiger partial charge is 0.335 e. The molecule has 0 bridgehead atoms. The van der Waals surface area contributed by atoms with Gasteiger partial charge < -0.3 is 5.11 Å². The number of aryl methyl sites for hydroxylation is 2. The fraction of sp³-hybridized carbons (Fsp3) is 0.111. The van der Waals surface area contributed by atoms with Crippen molar-refractivity contribution in [2.75, 3.05) is 4.72 Å². The Kier molecular flexibility index (Phi) is 4.80. The molecule has 0 radical (unpaired) electrons. The van der Waals surface area contributed by atoms with Gasteiger partial charge in [-0.2, -0.15) is 0 Å². The minimum Gasteiger partial charge on any atom is -0.478 e. The van der Waals surface area contributed by atoms with Gasteiger partial charge in [0.15, 0.2) is 0 Å². The number of anilines is 1. The van der Waals surface area contributed by atoms with E-state index in [1.807, 2.05) is 12.3 Å². The second-order valence-electron chi connectivity index (χ2n) is 5.72. The van der Waals surface area contributed by atoms with Gasteiger partial charge in [0.25, 0.3) is 10.0 Å². The summed E-state index contributed by atoms with van der Waals surface area (Å²) in [5.41, 5.74) is 2.58. The monoisotopic (exact) mass is 388 g/mol. The van der Waals surface area contributed by atoms with Crippen LogP contribution in [0.25, 0.3) is 11.3 Å². The first-order chi connectivity index (χ1) is 12.3. The van der Waals surface area contributed by atoms with Crippen molar-refractivity contribution in [3.8, 4) is 11.3 Å². The average Bonchev–Trinajstić information content (AvgIpc) is 3.01. The summed E-state index contributed by atoms with van der Waals surface area (Å²) < 4.78 is 27.5. The van der Waals surface area contributed by atoms with E-state index in [0.29, 0.717) is 11.3 Å². The number of aromatic nitrogens is 1. The van der Waals surface area contributed by atoms with Crippen LogP contribution < -0.4 is 4.72 Å². The molecule has 3 aromatic rings. The predicted molar refractivity (Wildman–Crippen MR) is 101 cm³/mol. The van der Waals surface area contributed by atoms with E-state index in [9.17, 15) is 13.2 Å². The van der Waals surface area contributed by atoms with Gasteiger partial charge >= 0.3 is 5.97 Å². The summed E-state index contributed by atoms with van der Waals surface area (Å²) in [4.78, 5) is 15.5.